The zero-order valence-electron chi connectivity index (χ0n) is 10.5. The van der Waals surface area contributed by atoms with Gasteiger partial charge in [0.1, 0.15) is 0 Å². The summed E-state index contributed by atoms with van der Waals surface area (Å²) in [6.07, 6.45) is 7.92. The average molecular weight is 229 g/mol. The molecule has 0 aliphatic rings. The van der Waals surface area contributed by atoms with Crippen molar-refractivity contribution < 1.29 is 0 Å². The van der Waals surface area contributed by atoms with E-state index < -0.39 is 0 Å². The van der Waals surface area contributed by atoms with E-state index in [-0.39, 0.29) is 0 Å². The molecule has 2 rings (SSSR count). The van der Waals surface area contributed by atoms with Crippen LogP contribution in [0.1, 0.15) is 12.0 Å². The number of aryl methyl sites for hydroxylation is 1. The van der Waals surface area contributed by atoms with E-state index in [0.29, 0.717) is 0 Å². The van der Waals surface area contributed by atoms with Crippen molar-refractivity contribution in [3.05, 3.63) is 48.5 Å². The van der Waals surface area contributed by atoms with E-state index in [9.17, 15) is 0 Å². The molecule has 0 saturated carbocycles. The van der Waals surface area contributed by atoms with Gasteiger partial charge in [-0.1, -0.05) is 12.1 Å². The zero-order valence-corrected chi connectivity index (χ0v) is 10.5. The molecule has 0 saturated heterocycles. The van der Waals surface area contributed by atoms with E-state index in [1.807, 2.05) is 17.1 Å². The number of nitrogens with zero attached hydrogens (tertiary/aromatic N) is 3. The minimum absolute atomic E-state index is 1.14. The van der Waals surface area contributed by atoms with Gasteiger partial charge in [-0.3, -0.25) is 0 Å². The maximum absolute atomic E-state index is 4.05. The topological polar surface area (TPSA) is 21.1 Å². The van der Waals surface area contributed by atoms with Crippen LogP contribution in [0, 0.1) is 0 Å². The Labute approximate surface area is 103 Å². The summed E-state index contributed by atoms with van der Waals surface area (Å²) in [7, 11) is 4.23. The van der Waals surface area contributed by atoms with Crippen LogP contribution in [0.15, 0.2) is 43.0 Å². The van der Waals surface area contributed by atoms with Crippen LogP contribution >= 0.6 is 0 Å². The highest BCUT2D eigenvalue weighted by Gasteiger charge is 1.97. The maximum Gasteiger partial charge on any atom is 0.0991 e. The van der Waals surface area contributed by atoms with Crippen molar-refractivity contribution in [3.8, 4) is 5.69 Å². The first kappa shape index (κ1) is 11.9. The van der Waals surface area contributed by atoms with Gasteiger partial charge in [-0.25, -0.2) is 4.98 Å². The van der Waals surface area contributed by atoms with E-state index in [1.54, 1.807) is 6.20 Å². The lowest BCUT2D eigenvalue weighted by Crippen LogP contribution is -2.13. The van der Waals surface area contributed by atoms with Gasteiger partial charge in [0.2, 0.25) is 0 Å². The normalized spacial score (nSPS) is 11.0. The third-order valence-electron chi connectivity index (χ3n) is 2.81. The monoisotopic (exact) mass is 229 g/mol. The van der Waals surface area contributed by atoms with Crippen LogP contribution < -0.4 is 0 Å². The molecule has 0 N–H and O–H groups in total. The van der Waals surface area contributed by atoms with E-state index in [4.69, 9.17) is 0 Å². The first-order valence-electron chi connectivity index (χ1n) is 5.98. The highest BCUT2D eigenvalue weighted by molar-refractivity contribution is 5.34. The number of hydrogen-bond donors (Lipinski definition) is 0. The Morgan fingerprint density at radius 2 is 1.94 bits per heavy atom. The Bertz CT molecular complexity index is 429. The number of rotatable bonds is 5. The molecule has 0 amide bonds. The lowest BCUT2D eigenvalue weighted by molar-refractivity contribution is 0.400. The number of imidazole rings is 1. The van der Waals surface area contributed by atoms with Crippen LogP contribution in [-0.4, -0.2) is 35.1 Å². The predicted octanol–water partition coefficient (Wildman–Crippen LogP) is 2.37. The van der Waals surface area contributed by atoms with Crippen LogP contribution in [0.25, 0.3) is 5.69 Å². The third-order valence-corrected chi connectivity index (χ3v) is 2.81. The van der Waals surface area contributed by atoms with E-state index >= 15 is 0 Å². The molecular formula is C14H19N3. The smallest absolute Gasteiger partial charge is 0.0991 e. The van der Waals surface area contributed by atoms with Crippen LogP contribution in [0.2, 0.25) is 0 Å². The Morgan fingerprint density at radius 3 is 2.53 bits per heavy atom. The minimum atomic E-state index is 1.14. The lowest BCUT2D eigenvalue weighted by atomic mass is 10.1. The van der Waals surface area contributed by atoms with Crippen molar-refractivity contribution >= 4 is 0 Å². The second-order valence-electron chi connectivity index (χ2n) is 4.54. The van der Waals surface area contributed by atoms with Crippen molar-refractivity contribution in [2.45, 2.75) is 12.8 Å². The molecule has 90 valence electrons. The third kappa shape index (κ3) is 3.43. The average Bonchev–Trinajstić information content (AvgIpc) is 2.83. The second-order valence-corrected chi connectivity index (χ2v) is 4.54. The van der Waals surface area contributed by atoms with E-state index in [1.165, 1.54) is 17.7 Å². The molecule has 0 unspecified atom stereocenters. The molecule has 0 aliphatic heterocycles. The summed E-state index contributed by atoms with van der Waals surface area (Å²) in [6, 6.07) is 8.69. The van der Waals surface area contributed by atoms with Gasteiger partial charge in [0.05, 0.1) is 6.33 Å². The van der Waals surface area contributed by atoms with Gasteiger partial charge in [0.15, 0.2) is 0 Å². The number of aromatic nitrogens is 2. The fourth-order valence-electron chi connectivity index (χ4n) is 1.85. The van der Waals surface area contributed by atoms with Gasteiger partial charge < -0.3 is 9.47 Å². The summed E-state index contributed by atoms with van der Waals surface area (Å²) < 4.78 is 2.02. The zero-order chi connectivity index (χ0) is 12.1. The van der Waals surface area contributed by atoms with Crippen LogP contribution in [0.3, 0.4) is 0 Å². The Balaban J connectivity index is 1.94. The standard InChI is InChI=1S/C14H19N3/c1-16(2)10-3-4-13-5-7-14(8-6-13)17-11-9-15-12-17/h5-9,11-12H,3-4,10H2,1-2H3. The summed E-state index contributed by atoms with van der Waals surface area (Å²) in [5.74, 6) is 0. The van der Waals surface area contributed by atoms with Gasteiger partial charge in [0, 0.05) is 18.1 Å². The summed E-state index contributed by atoms with van der Waals surface area (Å²) in [6.45, 7) is 1.14. The molecule has 0 aliphatic carbocycles. The summed E-state index contributed by atoms with van der Waals surface area (Å²) in [5, 5.41) is 0. The van der Waals surface area contributed by atoms with Gasteiger partial charge in [-0.05, 0) is 51.2 Å². The summed E-state index contributed by atoms with van der Waals surface area (Å²) >= 11 is 0. The SMILES string of the molecule is CN(C)CCCc1ccc(-n2ccnc2)cc1. The highest BCUT2D eigenvalue weighted by atomic mass is 15.0. The van der Waals surface area contributed by atoms with Crippen molar-refractivity contribution in [1.29, 1.82) is 0 Å². The van der Waals surface area contributed by atoms with Crippen molar-refractivity contribution in [1.82, 2.24) is 14.5 Å². The van der Waals surface area contributed by atoms with Crippen LogP contribution in [0.5, 0.6) is 0 Å². The molecular weight excluding hydrogens is 210 g/mol. The molecule has 0 atom stereocenters. The Kier molecular flexibility index (Phi) is 3.94. The second kappa shape index (κ2) is 5.64. The molecule has 1 aromatic heterocycles. The molecule has 1 heterocycles. The first-order chi connectivity index (χ1) is 8.25. The predicted molar refractivity (Wildman–Crippen MR) is 70.4 cm³/mol. The first-order valence-corrected chi connectivity index (χ1v) is 5.98. The van der Waals surface area contributed by atoms with Crippen molar-refractivity contribution in [2.75, 3.05) is 20.6 Å². The van der Waals surface area contributed by atoms with Crippen LogP contribution in [0.4, 0.5) is 0 Å². The molecule has 17 heavy (non-hydrogen) atoms. The van der Waals surface area contributed by atoms with Crippen molar-refractivity contribution in [2.24, 2.45) is 0 Å². The Hall–Kier alpha value is -1.61. The number of benzene rings is 1. The summed E-state index contributed by atoms with van der Waals surface area (Å²) in [4.78, 5) is 6.27. The van der Waals surface area contributed by atoms with Gasteiger partial charge >= 0.3 is 0 Å². The summed E-state index contributed by atoms with van der Waals surface area (Å²) in [5.41, 5.74) is 2.56. The molecule has 0 radical (unpaired) electrons. The molecule has 0 bridgehead atoms. The quantitative estimate of drug-likeness (QED) is 0.785. The molecule has 3 nitrogen and oxygen atoms in total. The van der Waals surface area contributed by atoms with Gasteiger partial charge in [-0.2, -0.15) is 0 Å². The maximum atomic E-state index is 4.05. The molecule has 3 heteroatoms. The highest BCUT2D eigenvalue weighted by Crippen LogP contribution is 2.10. The Morgan fingerprint density at radius 1 is 1.18 bits per heavy atom. The van der Waals surface area contributed by atoms with Crippen molar-refractivity contribution in [3.63, 3.8) is 0 Å². The fourth-order valence-corrected chi connectivity index (χ4v) is 1.85. The fraction of sp³-hybridized carbons (Fsp3) is 0.357. The van der Waals surface area contributed by atoms with E-state index in [0.717, 1.165) is 13.0 Å². The number of hydrogen-bond acceptors (Lipinski definition) is 2. The van der Waals surface area contributed by atoms with Crippen LogP contribution in [-0.2, 0) is 6.42 Å². The van der Waals surface area contributed by atoms with E-state index in [2.05, 4.69) is 48.2 Å². The largest absolute Gasteiger partial charge is 0.309 e. The molecule has 2 aromatic rings. The van der Waals surface area contributed by atoms with Gasteiger partial charge in [0.25, 0.3) is 0 Å². The molecule has 0 fully saturated rings. The molecule has 1 aromatic carbocycles. The van der Waals surface area contributed by atoms with Gasteiger partial charge in [-0.15, -0.1) is 0 Å². The molecule has 0 spiro atoms. The minimum Gasteiger partial charge on any atom is -0.309 e. The lowest BCUT2D eigenvalue weighted by Gasteiger charge is -2.09.